The molecule has 0 amide bonds. The van der Waals surface area contributed by atoms with E-state index >= 15 is 0 Å². The number of aromatic nitrogens is 1. The van der Waals surface area contributed by atoms with E-state index in [2.05, 4.69) is 22.3 Å². The van der Waals surface area contributed by atoms with Gasteiger partial charge in [-0.1, -0.05) is 6.08 Å². The molecule has 0 atom stereocenters. The van der Waals surface area contributed by atoms with Crippen LogP contribution in [0.25, 0.3) is 0 Å². The predicted molar refractivity (Wildman–Crippen MR) is 53.4 cm³/mol. The molecule has 2 nitrogen and oxygen atoms in total. The molecule has 0 saturated heterocycles. The smallest absolute Gasteiger partial charge is 0.107 e. The number of aryl methyl sites for hydroxylation is 1. The van der Waals surface area contributed by atoms with Crippen LogP contribution in [0.4, 0.5) is 0 Å². The number of hydrogen-bond donors (Lipinski definition) is 1. The standard InChI is InChI=1S/C9H14N2S/c1-3-4-5-10-6-9-11-8(2)7-12-9/h3,7,10H,1,4-6H2,2H3. The molecule has 3 heteroatoms. The molecular formula is C9H14N2S. The van der Waals surface area contributed by atoms with E-state index in [1.165, 1.54) is 0 Å². The third kappa shape index (κ3) is 3.15. The van der Waals surface area contributed by atoms with Gasteiger partial charge < -0.3 is 5.32 Å². The summed E-state index contributed by atoms with van der Waals surface area (Å²) in [5.41, 5.74) is 1.11. The highest BCUT2D eigenvalue weighted by Crippen LogP contribution is 2.07. The zero-order valence-electron chi connectivity index (χ0n) is 7.34. The van der Waals surface area contributed by atoms with E-state index in [1.807, 2.05) is 13.0 Å². The molecule has 0 radical (unpaired) electrons. The molecule has 66 valence electrons. The topological polar surface area (TPSA) is 24.9 Å². The first-order valence-corrected chi connectivity index (χ1v) is 4.93. The van der Waals surface area contributed by atoms with Crippen LogP contribution in [-0.2, 0) is 6.54 Å². The largest absolute Gasteiger partial charge is 0.310 e. The third-order valence-electron chi connectivity index (χ3n) is 1.47. The normalized spacial score (nSPS) is 10.1. The SMILES string of the molecule is C=CCCNCc1nc(C)cs1. The molecule has 0 bridgehead atoms. The fraction of sp³-hybridized carbons (Fsp3) is 0.444. The van der Waals surface area contributed by atoms with Gasteiger partial charge in [0.2, 0.25) is 0 Å². The second-order valence-corrected chi connectivity index (χ2v) is 3.58. The van der Waals surface area contributed by atoms with E-state index in [0.29, 0.717) is 0 Å². The van der Waals surface area contributed by atoms with E-state index in [0.717, 1.165) is 30.2 Å². The molecule has 12 heavy (non-hydrogen) atoms. The summed E-state index contributed by atoms with van der Waals surface area (Å²) < 4.78 is 0. The molecule has 0 fully saturated rings. The summed E-state index contributed by atoms with van der Waals surface area (Å²) >= 11 is 1.71. The summed E-state index contributed by atoms with van der Waals surface area (Å²) in [6, 6.07) is 0. The molecule has 1 heterocycles. The van der Waals surface area contributed by atoms with Gasteiger partial charge in [-0.25, -0.2) is 4.98 Å². The van der Waals surface area contributed by atoms with Gasteiger partial charge in [-0.2, -0.15) is 0 Å². The summed E-state index contributed by atoms with van der Waals surface area (Å²) in [5.74, 6) is 0. The lowest BCUT2D eigenvalue weighted by atomic mass is 10.4. The Bertz CT molecular complexity index is 242. The average molecular weight is 182 g/mol. The van der Waals surface area contributed by atoms with Gasteiger partial charge in [-0.3, -0.25) is 0 Å². The Morgan fingerprint density at radius 3 is 3.17 bits per heavy atom. The monoisotopic (exact) mass is 182 g/mol. The maximum atomic E-state index is 4.34. The second kappa shape index (κ2) is 5.06. The van der Waals surface area contributed by atoms with Crippen LogP contribution in [0.3, 0.4) is 0 Å². The van der Waals surface area contributed by atoms with Crippen molar-refractivity contribution in [1.82, 2.24) is 10.3 Å². The van der Waals surface area contributed by atoms with Crippen molar-refractivity contribution in [2.45, 2.75) is 19.9 Å². The molecule has 1 aromatic heterocycles. The lowest BCUT2D eigenvalue weighted by Gasteiger charge is -1.97. The Balaban J connectivity index is 2.19. The molecule has 0 aliphatic rings. The van der Waals surface area contributed by atoms with Crippen molar-refractivity contribution >= 4 is 11.3 Å². The van der Waals surface area contributed by atoms with Crippen LogP contribution >= 0.6 is 11.3 Å². The second-order valence-electron chi connectivity index (χ2n) is 2.64. The van der Waals surface area contributed by atoms with Crippen LogP contribution in [0.1, 0.15) is 17.1 Å². The fourth-order valence-corrected chi connectivity index (χ4v) is 1.62. The minimum Gasteiger partial charge on any atom is -0.310 e. The predicted octanol–water partition coefficient (Wildman–Crippen LogP) is 2.12. The molecule has 0 unspecified atom stereocenters. The van der Waals surface area contributed by atoms with Gasteiger partial charge in [0.25, 0.3) is 0 Å². The molecule has 0 aromatic carbocycles. The Morgan fingerprint density at radius 2 is 2.58 bits per heavy atom. The molecule has 0 aliphatic carbocycles. The maximum Gasteiger partial charge on any atom is 0.107 e. The highest BCUT2D eigenvalue weighted by Gasteiger charge is 1.95. The zero-order valence-corrected chi connectivity index (χ0v) is 8.16. The summed E-state index contributed by atoms with van der Waals surface area (Å²) in [5, 5.41) is 6.53. The summed E-state index contributed by atoms with van der Waals surface area (Å²) in [4.78, 5) is 4.34. The van der Waals surface area contributed by atoms with Gasteiger partial charge in [0.15, 0.2) is 0 Å². The van der Waals surface area contributed by atoms with Gasteiger partial charge in [-0.05, 0) is 19.9 Å². The average Bonchev–Trinajstić information content (AvgIpc) is 2.45. The number of hydrogen-bond acceptors (Lipinski definition) is 3. The molecule has 0 saturated carbocycles. The minimum atomic E-state index is 0.881. The third-order valence-corrected chi connectivity index (χ3v) is 2.43. The lowest BCUT2D eigenvalue weighted by Crippen LogP contribution is -2.13. The maximum absolute atomic E-state index is 4.34. The van der Waals surface area contributed by atoms with Gasteiger partial charge in [-0.15, -0.1) is 17.9 Å². The van der Waals surface area contributed by atoms with Crippen molar-refractivity contribution in [3.63, 3.8) is 0 Å². The Labute approximate surface area is 77.3 Å². The molecule has 1 aromatic rings. The first-order valence-electron chi connectivity index (χ1n) is 4.05. The van der Waals surface area contributed by atoms with Crippen molar-refractivity contribution in [3.8, 4) is 0 Å². The number of rotatable bonds is 5. The summed E-state index contributed by atoms with van der Waals surface area (Å²) in [6.45, 7) is 7.54. The van der Waals surface area contributed by atoms with Crippen molar-refractivity contribution < 1.29 is 0 Å². The van der Waals surface area contributed by atoms with Crippen LogP contribution < -0.4 is 5.32 Å². The lowest BCUT2D eigenvalue weighted by molar-refractivity contribution is 0.691. The molecule has 0 spiro atoms. The number of thiazole rings is 1. The first-order chi connectivity index (χ1) is 5.83. The summed E-state index contributed by atoms with van der Waals surface area (Å²) in [6.07, 6.45) is 2.93. The highest BCUT2D eigenvalue weighted by atomic mass is 32.1. The zero-order chi connectivity index (χ0) is 8.81. The van der Waals surface area contributed by atoms with Crippen molar-refractivity contribution in [2.75, 3.05) is 6.54 Å². The van der Waals surface area contributed by atoms with Gasteiger partial charge in [0.05, 0.1) is 0 Å². The van der Waals surface area contributed by atoms with Gasteiger partial charge in [0.1, 0.15) is 5.01 Å². The van der Waals surface area contributed by atoms with Crippen LogP contribution in [0.5, 0.6) is 0 Å². The first kappa shape index (κ1) is 9.42. The molecule has 0 aliphatic heterocycles. The summed E-state index contributed by atoms with van der Waals surface area (Å²) in [7, 11) is 0. The van der Waals surface area contributed by atoms with Crippen LogP contribution in [0, 0.1) is 6.92 Å². The minimum absolute atomic E-state index is 0.881. The number of nitrogens with zero attached hydrogens (tertiary/aromatic N) is 1. The quantitative estimate of drug-likeness (QED) is 0.557. The van der Waals surface area contributed by atoms with Crippen molar-refractivity contribution in [2.24, 2.45) is 0 Å². The van der Waals surface area contributed by atoms with Crippen molar-refractivity contribution in [1.29, 1.82) is 0 Å². The van der Waals surface area contributed by atoms with Crippen LogP contribution in [0.2, 0.25) is 0 Å². The Kier molecular flexibility index (Phi) is 3.97. The molecule has 1 rings (SSSR count). The molecule has 1 N–H and O–H groups in total. The van der Waals surface area contributed by atoms with E-state index < -0.39 is 0 Å². The number of nitrogens with one attached hydrogen (secondary N) is 1. The van der Waals surface area contributed by atoms with Gasteiger partial charge >= 0.3 is 0 Å². The van der Waals surface area contributed by atoms with Crippen molar-refractivity contribution in [3.05, 3.63) is 28.7 Å². The van der Waals surface area contributed by atoms with E-state index in [4.69, 9.17) is 0 Å². The Hall–Kier alpha value is -0.670. The Morgan fingerprint density at radius 1 is 1.75 bits per heavy atom. The van der Waals surface area contributed by atoms with E-state index in [9.17, 15) is 0 Å². The fourth-order valence-electron chi connectivity index (χ4n) is 0.883. The van der Waals surface area contributed by atoms with Crippen LogP contribution in [-0.4, -0.2) is 11.5 Å². The molecular weight excluding hydrogens is 168 g/mol. The van der Waals surface area contributed by atoms with E-state index in [1.54, 1.807) is 11.3 Å². The van der Waals surface area contributed by atoms with Crippen LogP contribution in [0.15, 0.2) is 18.0 Å². The highest BCUT2D eigenvalue weighted by molar-refractivity contribution is 7.09. The van der Waals surface area contributed by atoms with E-state index in [-0.39, 0.29) is 0 Å². The van der Waals surface area contributed by atoms with Gasteiger partial charge in [0, 0.05) is 17.6 Å².